The predicted molar refractivity (Wildman–Crippen MR) is 80.4 cm³/mol. The van der Waals surface area contributed by atoms with Gasteiger partial charge in [-0.05, 0) is 38.2 Å². The Labute approximate surface area is 125 Å². The smallest absolute Gasteiger partial charge is 0.270 e. The Morgan fingerprint density at radius 3 is 2.86 bits per heavy atom. The van der Waals surface area contributed by atoms with Crippen LogP contribution in [0.15, 0.2) is 18.2 Å². The van der Waals surface area contributed by atoms with Gasteiger partial charge in [0.05, 0.1) is 17.1 Å². The number of nitro benzene ring substituents is 1. The minimum absolute atomic E-state index is 0.0201. The van der Waals surface area contributed by atoms with Gasteiger partial charge in [-0.1, -0.05) is 19.8 Å². The molecule has 0 amide bonds. The van der Waals surface area contributed by atoms with Gasteiger partial charge in [-0.3, -0.25) is 10.1 Å². The van der Waals surface area contributed by atoms with Crippen LogP contribution in [-0.2, 0) is 0 Å². The fraction of sp³-hybridized carbons (Fsp3) is 0.625. The van der Waals surface area contributed by atoms with Gasteiger partial charge < -0.3 is 9.84 Å². The van der Waals surface area contributed by atoms with Gasteiger partial charge in [0.25, 0.3) is 5.69 Å². The highest BCUT2D eigenvalue weighted by atomic mass is 16.6. The summed E-state index contributed by atoms with van der Waals surface area (Å²) in [5.74, 6) is 1.26. The number of aliphatic hydroxyl groups is 1. The van der Waals surface area contributed by atoms with Crippen molar-refractivity contribution in [3.63, 3.8) is 0 Å². The fourth-order valence-electron chi connectivity index (χ4n) is 2.98. The van der Waals surface area contributed by atoms with Crippen LogP contribution in [0, 0.1) is 16.0 Å². The van der Waals surface area contributed by atoms with E-state index in [1.165, 1.54) is 18.6 Å². The predicted octanol–water partition coefficient (Wildman–Crippen LogP) is 4.00. The van der Waals surface area contributed by atoms with Crippen LogP contribution in [0.3, 0.4) is 0 Å². The minimum atomic E-state index is -0.787. The lowest BCUT2D eigenvalue weighted by Crippen LogP contribution is -2.25. The van der Waals surface area contributed by atoms with Gasteiger partial charge in [-0.15, -0.1) is 0 Å². The zero-order valence-corrected chi connectivity index (χ0v) is 12.6. The first-order valence-electron chi connectivity index (χ1n) is 7.64. The Bertz CT molecular complexity index is 501. The number of ether oxygens (including phenoxy) is 1. The van der Waals surface area contributed by atoms with Gasteiger partial charge in [-0.2, -0.15) is 0 Å². The van der Waals surface area contributed by atoms with E-state index in [0.29, 0.717) is 17.2 Å². The molecule has 1 fully saturated rings. The van der Waals surface area contributed by atoms with E-state index in [0.717, 1.165) is 25.7 Å². The zero-order chi connectivity index (χ0) is 15.4. The maximum absolute atomic E-state index is 10.8. The molecule has 5 heteroatoms. The molecule has 1 aliphatic rings. The average molecular weight is 293 g/mol. The second-order valence-electron chi connectivity index (χ2n) is 5.84. The van der Waals surface area contributed by atoms with Crippen LogP contribution in [-0.4, -0.2) is 16.1 Å². The van der Waals surface area contributed by atoms with E-state index in [9.17, 15) is 15.2 Å². The third-order valence-electron chi connectivity index (χ3n) is 4.26. The number of non-ortho nitro benzene ring substituents is 1. The molecule has 1 N–H and O–H groups in total. The summed E-state index contributed by atoms with van der Waals surface area (Å²) in [6.07, 6.45) is 4.94. The van der Waals surface area contributed by atoms with Crippen LogP contribution in [0.25, 0.3) is 0 Å². The van der Waals surface area contributed by atoms with E-state index in [2.05, 4.69) is 6.92 Å². The molecule has 0 radical (unpaired) electrons. The molecule has 0 bridgehead atoms. The molecular weight excluding hydrogens is 270 g/mol. The molecule has 0 aliphatic heterocycles. The van der Waals surface area contributed by atoms with Crippen LogP contribution >= 0.6 is 0 Å². The van der Waals surface area contributed by atoms with E-state index in [-0.39, 0.29) is 11.8 Å². The average Bonchev–Trinajstić information content (AvgIpc) is 2.47. The van der Waals surface area contributed by atoms with Crippen LogP contribution in [0.4, 0.5) is 5.69 Å². The van der Waals surface area contributed by atoms with Gasteiger partial charge >= 0.3 is 0 Å². The Hall–Kier alpha value is -1.62. The van der Waals surface area contributed by atoms with Crippen molar-refractivity contribution >= 4 is 5.69 Å². The summed E-state index contributed by atoms with van der Waals surface area (Å²) in [6, 6.07) is 4.44. The summed E-state index contributed by atoms with van der Waals surface area (Å²) < 4.78 is 6.03. The van der Waals surface area contributed by atoms with E-state index in [1.54, 1.807) is 13.0 Å². The largest absolute Gasteiger partial charge is 0.490 e. The number of aliphatic hydroxyl groups excluding tert-OH is 1. The standard InChI is InChI=1S/C16H23NO4/c1-3-12-5-4-6-14(9-12)21-16-8-7-13(17(19)20)10-15(16)11(2)18/h7-8,10-12,14,18H,3-6,9H2,1-2H3/t11-,12?,14?/m0/s1. The van der Waals surface area contributed by atoms with Crippen LogP contribution in [0.5, 0.6) is 5.75 Å². The SMILES string of the molecule is CCC1CCCC(Oc2ccc([N+](=O)[O-])cc2[C@H](C)O)C1. The second kappa shape index (κ2) is 6.89. The Kier molecular flexibility index (Phi) is 5.17. The van der Waals surface area contributed by atoms with Crippen molar-refractivity contribution in [2.45, 2.75) is 58.2 Å². The first kappa shape index (κ1) is 15.8. The monoisotopic (exact) mass is 293 g/mol. The normalized spacial score (nSPS) is 23.6. The van der Waals surface area contributed by atoms with Crippen LogP contribution < -0.4 is 4.74 Å². The molecule has 1 aliphatic carbocycles. The summed E-state index contributed by atoms with van der Waals surface area (Å²) in [4.78, 5) is 10.4. The van der Waals surface area contributed by atoms with Crippen LogP contribution in [0.1, 0.15) is 57.6 Å². The topological polar surface area (TPSA) is 72.6 Å². The maximum atomic E-state index is 10.8. The van der Waals surface area contributed by atoms with Crippen LogP contribution in [0.2, 0.25) is 0 Å². The van der Waals surface area contributed by atoms with Crippen molar-refractivity contribution in [1.29, 1.82) is 0 Å². The molecule has 0 saturated heterocycles. The molecule has 2 unspecified atom stereocenters. The summed E-state index contributed by atoms with van der Waals surface area (Å²) in [6.45, 7) is 3.79. The van der Waals surface area contributed by atoms with Gasteiger partial charge in [0, 0.05) is 17.7 Å². The molecule has 5 nitrogen and oxygen atoms in total. The van der Waals surface area contributed by atoms with Gasteiger partial charge in [0.2, 0.25) is 0 Å². The first-order valence-corrected chi connectivity index (χ1v) is 7.64. The van der Waals surface area contributed by atoms with E-state index in [1.807, 2.05) is 0 Å². The summed E-state index contributed by atoms with van der Waals surface area (Å²) in [7, 11) is 0. The maximum Gasteiger partial charge on any atom is 0.270 e. The van der Waals surface area contributed by atoms with E-state index in [4.69, 9.17) is 4.74 Å². The van der Waals surface area contributed by atoms with Gasteiger partial charge in [0.15, 0.2) is 0 Å². The molecule has 21 heavy (non-hydrogen) atoms. The number of hydrogen-bond acceptors (Lipinski definition) is 4. The first-order chi connectivity index (χ1) is 10.0. The second-order valence-corrected chi connectivity index (χ2v) is 5.84. The zero-order valence-electron chi connectivity index (χ0n) is 12.6. The highest BCUT2D eigenvalue weighted by Gasteiger charge is 2.24. The van der Waals surface area contributed by atoms with Crippen molar-refractivity contribution < 1.29 is 14.8 Å². The van der Waals surface area contributed by atoms with Crippen molar-refractivity contribution in [2.24, 2.45) is 5.92 Å². The molecule has 116 valence electrons. The lowest BCUT2D eigenvalue weighted by atomic mass is 9.85. The third kappa shape index (κ3) is 3.94. The quantitative estimate of drug-likeness (QED) is 0.658. The fourth-order valence-corrected chi connectivity index (χ4v) is 2.98. The van der Waals surface area contributed by atoms with Crippen molar-refractivity contribution in [1.82, 2.24) is 0 Å². The lowest BCUT2D eigenvalue weighted by molar-refractivity contribution is -0.385. The number of hydrogen-bond donors (Lipinski definition) is 1. The Morgan fingerprint density at radius 1 is 1.48 bits per heavy atom. The Balaban J connectivity index is 2.17. The van der Waals surface area contributed by atoms with E-state index < -0.39 is 11.0 Å². The minimum Gasteiger partial charge on any atom is -0.490 e. The Morgan fingerprint density at radius 2 is 2.24 bits per heavy atom. The van der Waals surface area contributed by atoms with Crippen molar-refractivity contribution in [2.75, 3.05) is 0 Å². The number of benzene rings is 1. The molecule has 1 aromatic carbocycles. The number of rotatable bonds is 5. The highest BCUT2D eigenvalue weighted by molar-refractivity contribution is 5.44. The van der Waals surface area contributed by atoms with Gasteiger partial charge in [-0.25, -0.2) is 0 Å². The number of nitrogens with zero attached hydrogens (tertiary/aromatic N) is 1. The molecule has 0 spiro atoms. The lowest BCUT2D eigenvalue weighted by Gasteiger charge is -2.29. The molecule has 0 heterocycles. The third-order valence-corrected chi connectivity index (χ3v) is 4.26. The molecule has 1 saturated carbocycles. The molecule has 1 aromatic rings. The highest BCUT2D eigenvalue weighted by Crippen LogP contribution is 2.34. The molecule has 2 rings (SSSR count). The molecular formula is C16H23NO4. The molecule has 0 aromatic heterocycles. The van der Waals surface area contributed by atoms with Gasteiger partial charge in [0.1, 0.15) is 5.75 Å². The number of nitro groups is 1. The van der Waals surface area contributed by atoms with Crippen molar-refractivity contribution in [3.05, 3.63) is 33.9 Å². The summed E-state index contributed by atoms with van der Waals surface area (Å²) in [5, 5.41) is 20.7. The summed E-state index contributed by atoms with van der Waals surface area (Å²) in [5.41, 5.74) is 0.469. The molecule has 3 atom stereocenters. The summed E-state index contributed by atoms with van der Waals surface area (Å²) >= 11 is 0. The van der Waals surface area contributed by atoms with Crippen molar-refractivity contribution in [3.8, 4) is 5.75 Å². The van der Waals surface area contributed by atoms with E-state index >= 15 is 0 Å².